The maximum Gasteiger partial charge on any atom is 0.471 e. The fraction of sp³-hybridized carbons (Fsp3) is 0.667. The van der Waals surface area contributed by atoms with E-state index >= 15 is 0 Å². The first-order valence-corrected chi connectivity index (χ1v) is 6.79. The predicted molar refractivity (Wildman–Crippen MR) is 69.3 cm³/mol. The number of rotatable bonds is 8. The Morgan fingerprint density at radius 2 is 1.54 bits per heavy atom. The zero-order valence-electron chi connectivity index (χ0n) is 13.1. The fourth-order valence-corrected chi connectivity index (χ4v) is 1.33. The number of ether oxygens (including phenoxy) is 2. The number of alkyl halides is 6. The van der Waals surface area contributed by atoms with E-state index in [9.17, 15) is 45.5 Å². The summed E-state index contributed by atoms with van der Waals surface area (Å²) >= 11 is 0. The van der Waals surface area contributed by atoms with Gasteiger partial charge in [-0.15, -0.1) is 0 Å². The summed E-state index contributed by atoms with van der Waals surface area (Å²) in [6, 6.07) is -2.22. The Morgan fingerprint density at radius 3 is 2.00 bits per heavy atom. The number of carbonyl (C=O) groups excluding carboxylic acids is 4. The number of esters is 2. The molecule has 0 spiro atoms. The molecule has 0 aromatic rings. The molecule has 0 bridgehead atoms. The second kappa shape index (κ2) is 9.82. The predicted octanol–water partition coefficient (Wildman–Crippen LogP) is 0.208. The van der Waals surface area contributed by atoms with Crippen LogP contribution in [-0.4, -0.2) is 61.9 Å². The number of carbonyl (C=O) groups is 4. The minimum Gasteiger partial charge on any atom is -0.465 e. The van der Waals surface area contributed by atoms with Crippen molar-refractivity contribution in [2.75, 3.05) is 19.8 Å². The maximum atomic E-state index is 12.2. The summed E-state index contributed by atoms with van der Waals surface area (Å²) in [6.45, 7) is -1.46. The Labute approximate surface area is 142 Å². The minimum absolute atomic E-state index is 0.0628. The van der Waals surface area contributed by atoms with E-state index in [0.29, 0.717) is 0 Å². The van der Waals surface area contributed by atoms with Gasteiger partial charge in [0.15, 0.2) is 6.61 Å². The molecule has 0 aliphatic carbocycles. The molecule has 8 nitrogen and oxygen atoms in total. The van der Waals surface area contributed by atoms with Crippen LogP contribution >= 0.6 is 0 Å². The molecule has 0 aliphatic heterocycles. The van der Waals surface area contributed by atoms with Gasteiger partial charge in [-0.25, -0.2) is 0 Å². The smallest absolute Gasteiger partial charge is 0.465 e. The van der Waals surface area contributed by atoms with E-state index in [1.54, 1.807) is 5.32 Å². The molecule has 1 atom stereocenters. The topological polar surface area (TPSA) is 111 Å². The standard InChI is InChI=1S/C12H14F6N2O6/c1-2-25-8(22)4-19-9(23)6(20-10(24)12(16,17)18)3-7(21)26-5-11(13,14)15/h6H,2-5H2,1H3,(H,19,23)(H,20,24). The molecule has 2 N–H and O–H groups in total. The summed E-state index contributed by atoms with van der Waals surface area (Å²) in [4.78, 5) is 44.9. The van der Waals surface area contributed by atoms with Crippen LogP contribution in [-0.2, 0) is 28.7 Å². The van der Waals surface area contributed by atoms with Crippen LogP contribution in [0.1, 0.15) is 13.3 Å². The number of amides is 2. The zero-order chi connectivity index (χ0) is 20.5. The Hall–Kier alpha value is -2.54. The van der Waals surface area contributed by atoms with Crippen LogP contribution in [0.15, 0.2) is 0 Å². The van der Waals surface area contributed by atoms with Crippen LogP contribution < -0.4 is 10.6 Å². The van der Waals surface area contributed by atoms with Crippen LogP contribution in [0.25, 0.3) is 0 Å². The first kappa shape index (κ1) is 23.5. The van der Waals surface area contributed by atoms with Gasteiger partial charge in [-0.05, 0) is 6.92 Å². The second-order valence-electron chi connectivity index (χ2n) is 4.53. The van der Waals surface area contributed by atoms with Crippen molar-refractivity contribution in [2.45, 2.75) is 31.7 Å². The van der Waals surface area contributed by atoms with Gasteiger partial charge in [0, 0.05) is 0 Å². The lowest BCUT2D eigenvalue weighted by atomic mass is 10.2. The van der Waals surface area contributed by atoms with Crippen LogP contribution in [0.3, 0.4) is 0 Å². The van der Waals surface area contributed by atoms with E-state index < -0.39 is 61.7 Å². The number of hydrogen-bond acceptors (Lipinski definition) is 6. The maximum absolute atomic E-state index is 12.2. The van der Waals surface area contributed by atoms with Crippen molar-refractivity contribution < 1.29 is 55.0 Å². The van der Waals surface area contributed by atoms with Crippen LogP contribution in [0.2, 0.25) is 0 Å². The van der Waals surface area contributed by atoms with Gasteiger partial charge in [0.2, 0.25) is 5.91 Å². The van der Waals surface area contributed by atoms with E-state index in [4.69, 9.17) is 0 Å². The monoisotopic (exact) mass is 396 g/mol. The second-order valence-corrected chi connectivity index (χ2v) is 4.53. The summed E-state index contributed by atoms with van der Waals surface area (Å²) in [5.41, 5.74) is 0. The van der Waals surface area contributed by atoms with Crippen molar-refractivity contribution in [3.8, 4) is 0 Å². The number of halogens is 6. The van der Waals surface area contributed by atoms with E-state index in [2.05, 4.69) is 9.47 Å². The Balaban J connectivity index is 4.93. The van der Waals surface area contributed by atoms with Crippen molar-refractivity contribution in [2.24, 2.45) is 0 Å². The quantitative estimate of drug-likeness (QED) is 0.448. The molecule has 0 aliphatic rings. The summed E-state index contributed by atoms with van der Waals surface area (Å²) in [5, 5.41) is 2.91. The van der Waals surface area contributed by atoms with Crippen LogP contribution in [0.5, 0.6) is 0 Å². The van der Waals surface area contributed by atoms with Crippen molar-refractivity contribution in [1.82, 2.24) is 10.6 Å². The third kappa shape index (κ3) is 10.4. The van der Waals surface area contributed by atoms with Crippen LogP contribution in [0, 0.1) is 0 Å². The third-order valence-electron chi connectivity index (χ3n) is 2.36. The highest BCUT2D eigenvalue weighted by Crippen LogP contribution is 2.16. The summed E-state index contributed by atoms with van der Waals surface area (Å²) in [6.07, 6.45) is -11.6. The van der Waals surface area contributed by atoms with Crippen LogP contribution in [0.4, 0.5) is 26.3 Å². The third-order valence-corrected chi connectivity index (χ3v) is 2.36. The SMILES string of the molecule is CCOC(=O)CNC(=O)C(CC(=O)OCC(F)(F)F)NC(=O)C(F)(F)F. The zero-order valence-corrected chi connectivity index (χ0v) is 13.1. The van der Waals surface area contributed by atoms with E-state index in [0.717, 1.165) is 5.32 Å². The van der Waals surface area contributed by atoms with E-state index in [1.165, 1.54) is 6.92 Å². The summed E-state index contributed by atoms with van der Waals surface area (Å²) < 4.78 is 80.7. The lowest BCUT2D eigenvalue weighted by molar-refractivity contribution is -0.187. The van der Waals surface area contributed by atoms with Gasteiger partial charge in [0.1, 0.15) is 12.6 Å². The Bertz CT molecular complexity index is 533. The summed E-state index contributed by atoms with van der Waals surface area (Å²) in [7, 11) is 0. The van der Waals surface area contributed by atoms with Crippen molar-refractivity contribution in [3.05, 3.63) is 0 Å². The van der Waals surface area contributed by atoms with Crippen molar-refractivity contribution in [1.29, 1.82) is 0 Å². The molecule has 0 fully saturated rings. The number of hydrogen-bond donors (Lipinski definition) is 2. The molecule has 2 amide bonds. The fourth-order valence-electron chi connectivity index (χ4n) is 1.33. The summed E-state index contributed by atoms with van der Waals surface area (Å²) in [5.74, 6) is -6.71. The minimum atomic E-state index is -5.42. The lowest BCUT2D eigenvalue weighted by Gasteiger charge is -2.18. The average Bonchev–Trinajstić information content (AvgIpc) is 2.48. The Morgan fingerprint density at radius 1 is 0.962 bits per heavy atom. The first-order chi connectivity index (χ1) is 11.8. The average molecular weight is 396 g/mol. The molecule has 0 aromatic carbocycles. The molecule has 0 aromatic heterocycles. The molecular weight excluding hydrogens is 382 g/mol. The molecule has 0 saturated carbocycles. The van der Waals surface area contributed by atoms with Gasteiger partial charge in [-0.2, -0.15) is 26.3 Å². The van der Waals surface area contributed by atoms with Crippen molar-refractivity contribution >= 4 is 23.8 Å². The molecule has 0 heterocycles. The molecular formula is C12H14F6N2O6. The molecule has 1 unspecified atom stereocenters. The van der Waals surface area contributed by atoms with Gasteiger partial charge in [0.05, 0.1) is 13.0 Å². The molecule has 0 saturated heterocycles. The first-order valence-electron chi connectivity index (χ1n) is 6.79. The molecule has 0 radical (unpaired) electrons. The van der Waals surface area contributed by atoms with Gasteiger partial charge in [-0.1, -0.05) is 0 Å². The largest absolute Gasteiger partial charge is 0.471 e. The van der Waals surface area contributed by atoms with Gasteiger partial charge in [0.25, 0.3) is 0 Å². The van der Waals surface area contributed by atoms with E-state index in [1.807, 2.05) is 0 Å². The highest BCUT2D eigenvalue weighted by atomic mass is 19.4. The highest BCUT2D eigenvalue weighted by molar-refractivity contribution is 5.93. The van der Waals surface area contributed by atoms with Gasteiger partial charge in [-0.3, -0.25) is 19.2 Å². The normalized spacial score (nSPS) is 12.7. The molecule has 0 rings (SSSR count). The molecule has 14 heteroatoms. The lowest BCUT2D eigenvalue weighted by Crippen LogP contribution is -2.52. The highest BCUT2D eigenvalue weighted by Gasteiger charge is 2.41. The van der Waals surface area contributed by atoms with Crippen molar-refractivity contribution in [3.63, 3.8) is 0 Å². The van der Waals surface area contributed by atoms with Gasteiger partial charge >= 0.3 is 30.2 Å². The number of nitrogens with one attached hydrogen (secondary N) is 2. The Kier molecular flexibility index (Phi) is 8.86. The molecule has 150 valence electrons. The van der Waals surface area contributed by atoms with Gasteiger partial charge < -0.3 is 20.1 Å². The van der Waals surface area contributed by atoms with E-state index in [-0.39, 0.29) is 6.61 Å². The molecule has 26 heavy (non-hydrogen) atoms.